The number of hydrogen-bond donors (Lipinski definition) is 1. The van der Waals surface area contributed by atoms with Crippen LogP contribution >= 0.6 is 27.5 Å². The first-order valence-corrected chi connectivity index (χ1v) is 7.05. The topological polar surface area (TPSA) is 26.0 Å². The summed E-state index contributed by atoms with van der Waals surface area (Å²) in [5.41, 5.74) is 6.86. The van der Waals surface area contributed by atoms with Crippen molar-refractivity contribution in [2.75, 3.05) is 0 Å². The van der Waals surface area contributed by atoms with E-state index in [1.807, 2.05) is 25.1 Å². The summed E-state index contributed by atoms with van der Waals surface area (Å²) >= 11 is 9.54. The predicted octanol–water partition coefficient (Wildman–Crippen LogP) is 4.66. The Bertz CT molecular complexity index is 598. The monoisotopic (exact) mass is 341 g/mol. The highest BCUT2D eigenvalue weighted by molar-refractivity contribution is 9.10. The van der Waals surface area contributed by atoms with Crippen molar-refractivity contribution in [3.8, 4) is 0 Å². The van der Waals surface area contributed by atoms with Gasteiger partial charge in [0.2, 0.25) is 0 Å². The second-order valence-corrected chi connectivity index (χ2v) is 6.13. The molecule has 2 N–H and O–H groups in total. The Balaban J connectivity index is 2.33. The predicted molar refractivity (Wildman–Crippen MR) is 80.8 cm³/mol. The quantitative estimate of drug-likeness (QED) is 0.862. The summed E-state index contributed by atoms with van der Waals surface area (Å²) in [4.78, 5) is 0. The zero-order valence-corrected chi connectivity index (χ0v) is 12.8. The third kappa shape index (κ3) is 3.35. The highest BCUT2D eigenvalue weighted by atomic mass is 79.9. The summed E-state index contributed by atoms with van der Waals surface area (Å²) in [6.45, 7) is 1.81. The fourth-order valence-corrected chi connectivity index (χ4v) is 2.82. The zero-order chi connectivity index (χ0) is 14.0. The van der Waals surface area contributed by atoms with Gasteiger partial charge in [-0.25, -0.2) is 4.39 Å². The van der Waals surface area contributed by atoms with Crippen LogP contribution in [0.2, 0.25) is 5.02 Å². The molecule has 2 rings (SSSR count). The molecule has 0 spiro atoms. The molecule has 0 radical (unpaired) electrons. The maximum Gasteiger partial charge on any atom is 0.128 e. The van der Waals surface area contributed by atoms with Crippen LogP contribution < -0.4 is 5.73 Å². The summed E-state index contributed by atoms with van der Waals surface area (Å²) < 4.78 is 14.7. The molecule has 0 aliphatic heterocycles. The van der Waals surface area contributed by atoms with Gasteiger partial charge in [0.25, 0.3) is 0 Å². The van der Waals surface area contributed by atoms with Gasteiger partial charge in [-0.15, -0.1) is 0 Å². The molecular formula is C15H14BrClFN. The van der Waals surface area contributed by atoms with Crippen LogP contribution in [0, 0.1) is 5.82 Å². The molecule has 2 aromatic carbocycles. The van der Waals surface area contributed by atoms with E-state index in [0.717, 1.165) is 10.0 Å². The van der Waals surface area contributed by atoms with Crippen molar-refractivity contribution in [2.24, 2.45) is 5.73 Å². The van der Waals surface area contributed by atoms with Crippen molar-refractivity contribution < 1.29 is 4.39 Å². The molecule has 2 aromatic rings. The summed E-state index contributed by atoms with van der Waals surface area (Å²) in [6, 6.07) is 12.2. The lowest BCUT2D eigenvalue weighted by atomic mass is 9.86. The Morgan fingerprint density at radius 1 is 1.26 bits per heavy atom. The van der Waals surface area contributed by atoms with Crippen LogP contribution in [0.1, 0.15) is 18.1 Å². The highest BCUT2D eigenvalue weighted by Gasteiger charge is 2.25. The molecule has 1 atom stereocenters. The number of benzene rings is 2. The van der Waals surface area contributed by atoms with Crippen LogP contribution in [0.15, 0.2) is 46.9 Å². The van der Waals surface area contributed by atoms with Gasteiger partial charge in [0.1, 0.15) is 5.82 Å². The van der Waals surface area contributed by atoms with Crippen molar-refractivity contribution in [3.63, 3.8) is 0 Å². The third-order valence-corrected chi connectivity index (χ3v) is 3.91. The molecule has 0 saturated heterocycles. The van der Waals surface area contributed by atoms with Gasteiger partial charge in [-0.1, -0.05) is 51.8 Å². The lowest BCUT2D eigenvalue weighted by molar-refractivity contribution is 0.457. The number of hydrogen-bond acceptors (Lipinski definition) is 1. The molecule has 0 fully saturated rings. The van der Waals surface area contributed by atoms with Gasteiger partial charge in [-0.05, 0) is 37.1 Å². The molecule has 0 saturated carbocycles. The van der Waals surface area contributed by atoms with E-state index < -0.39 is 5.54 Å². The smallest absolute Gasteiger partial charge is 0.128 e. The second kappa shape index (κ2) is 5.61. The molecule has 0 bridgehead atoms. The number of rotatable bonds is 3. The summed E-state index contributed by atoms with van der Waals surface area (Å²) in [5, 5.41) is 0.627. The summed E-state index contributed by atoms with van der Waals surface area (Å²) in [5.74, 6) is -0.291. The molecule has 1 nitrogen and oxygen atoms in total. The van der Waals surface area contributed by atoms with Gasteiger partial charge in [0.05, 0.1) is 0 Å². The van der Waals surface area contributed by atoms with Crippen LogP contribution in [0.3, 0.4) is 0 Å². The van der Waals surface area contributed by atoms with Gasteiger partial charge < -0.3 is 5.73 Å². The van der Waals surface area contributed by atoms with E-state index in [4.69, 9.17) is 17.3 Å². The molecule has 0 aliphatic carbocycles. The standard InChI is InChI=1S/C15H14BrClFN/c1-15(19,12-4-2-3-5-14(12)18)9-10-6-7-11(16)8-13(10)17/h2-8H,9,19H2,1H3. The summed E-state index contributed by atoms with van der Waals surface area (Å²) in [6.07, 6.45) is 0.472. The number of nitrogens with two attached hydrogens (primary N) is 1. The van der Waals surface area contributed by atoms with E-state index in [0.29, 0.717) is 17.0 Å². The van der Waals surface area contributed by atoms with Gasteiger partial charge in [-0.3, -0.25) is 0 Å². The van der Waals surface area contributed by atoms with Crippen molar-refractivity contribution in [1.29, 1.82) is 0 Å². The average Bonchev–Trinajstić information content (AvgIpc) is 2.33. The third-order valence-electron chi connectivity index (χ3n) is 3.06. The molecule has 100 valence electrons. The zero-order valence-electron chi connectivity index (χ0n) is 10.5. The molecule has 19 heavy (non-hydrogen) atoms. The minimum Gasteiger partial charge on any atom is -0.321 e. The minimum absolute atomic E-state index is 0.291. The first-order chi connectivity index (χ1) is 8.90. The van der Waals surface area contributed by atoms with Gasteiger partial charge in [0.15, 0.2) is 0 Å². The van der Waals surface area contributed by atoms with E-state index in [9.17, 15) is 4.39 Å². The van der Waals surface area contributed by atoms with Gasteiger partial charge in [0, 0.05) is 20.6 Å². The Hall–Kier alpha value is -0.900. The van der Waals surface area contributed by atoms with Crippen molar-refractivity contribution >= 4 is 27.5 Å². The fraction of sp³-hybridized carbons (Fsp3) is 0.200. The lowest BCUT2D eigenvalue weighted by Crippen LogP contribution is -2.36. The number of halogens is 3. The van der Waals surface area contributed by atoms with Gasteiger partial charge >= 0.3 is 0 Å². The first-order valence-electron chi connectivity index (χ1n) is 5.88. The van der Waals surface area contributed by atoms with Crippen molar-refractivity contribution in [2.45, 2.75) is 18.9 Å². The van der Waals surface area contributed by atoms with E-state index in [2.05, 4.69) is 15.9 Å². The SMILES string of the molecule is CC(N)(Cc1ccc(Br)cc1Cl)c1ccccc1F. The molecule has 0 amide bonds. The van der Waals surface area contributed by atoms with Crippen LogP contribution in [-0.2, 0) is 12.0 Å². The average molecular weight is 343 g/mol. The minimum atomic E-state index is -0.803. The molecule has 0 aromatic heterocycles. The Morgan fingerprint density at radius 3 is 2.58 bits per heavy atom. The van der Waals surface area contributed by atoms with Crippen molar-refractivity contribution in [1.82, 2.24) is 0 Å². The lowest BCUT2D eigenvalue weighted by Gasteiger charge is -2.26. The highest BCUT2D eigenvalue weighted by Crippen LogP contribution is 2.29. The van der Waals surface area contributed by atoms with Crippen molar-refractivity contribution in [3.05, 3.63) is 68.9 Å². The fourth-order valence-electron chi connectivity index (χ4n) is 2.08. The van der Waals surface area contributed by atoms with Gasteiger partial charge in [-0.2, -0.15) is 0 Å². The van der Waals surface area contributed by atoms with E-state index in [-0.39, 0.29) is 5.82 Å². The van der Waals surface area contributed by atoms with E-state index in [1.165, 1.54) is 6.07 Å². The van der Waals surface area contributed by atoms with Crippen LogP contribution in [0.5, 0.6) is 0 Å². The van der Waals surface area contributed by atoms with Crippen LogP contribution in [-0.4, -0.2) is 0 Å². The molecular weight excluding hydrogens is 329 g/mol. The van der Waals surface area contributed by atoms with E-state index >= 15 is 0 Å². The Kier molecular flexibility index (Phi) is 4.29. The normalized spacial score (nSPS) is 14.2. The molecule has 1 unspecified atom stereocenters. The summed E-state index contributed by atoms with van der Waals surface area (Å²) in [7, 11) is 0. The van der Waals surface area contributed by atoms with Crippen LogP contribution in [0.25, 0.3) is 0 Å². The Labute approximate surface area is 125 Å². The molecule has 0 heterocycles. The maximum atomic E-state index is 13.8. The van der Waals surface area contributed by atoms with E-state index in [1.54, 1.807) is 18.2 Å². The second-order valence-electron chi connectivity index (χ2n) is 4.81. The van der Waals surface area contributed by atoms with Crippen LogP contribution in [0.4, 0.5) is 4.39 Å². The Morgan fingerprint density at radius 2 is 1.95 bits per heavy atom. The first kappa shape index (κ1) is 14.5. The molecule has 0 aliphatic rings. The maximum absolute atomic E-state index is 13.8. The molecule has 4 heteroatoms. The largest absolute Gasteiger partial charge is 0.321 e.